The van der Waals surface area contributed by atoms with Crippen molar-refractivity contribution >= 4 is 5.97 Å². The van der Waals surface area contributed by atoms with Crippen molar-refractivity contribution in [3.05, 3.63) is 0 Å². The number of hydrogen-bond acceptors (Lipinski definition) is 2. The summed E-state index contributed by atoms with van der Waals surface area (Å²) in [6.07, 6.45) is 7.38. The van der Waals surface area contributed by atoms with E-state index in [4.69, 9.17) is 11.5 Å². The number of terminal acetylenes is 1. The lowest BCUT2D eigenvalue weighted by Gasteiger charge is -2.21. The third kappa shape index (κ3) is 5.60. The number of carbonyl (C=O) groups is 1. The fraction of sp³-hybridized carbons (Fsp3) is 0.727. The lowest BCUT2D eigenvalue weighted by atomic mass is 10.1. The summed E-state index contributed by atoms with van der Waals surface area (Å²) in [5, 5.41) is 8.75. The lowest BCUT2D eigenvalue weighted by molar-refractivity contribution is -0.141. The number of unbranched alkanes of at least 4 members (excludes halogenated alkanes) is 1. The molecule has 0 aliphatic carbocycles. The first-order valence-corrected chi connectivity index (χ1v) is 5.00. The zero-order chi connectivity index (χ0) is 11.0. The van der Waals surface area contributed by atoms with Gasteiger partial charge in [0, 0.05) is 6.54 Å². The van der Waals surface area contributed by atoms with Gasteiger partial charge >= 0.3 is 5.97 Å². The monoisotopic (exact) mass is 197 g/mol. The number of carboxylic acid groups (broad SMARTS) is 1. The van der Waals surface area contributed by atoms with E-state index in [2.05, 4.69) is 12.8 Å². The van der Waals surface area contributed by atoms with Gasteiger partial charge < -0.3 is 5.11 Å². The predicted molar refractivity (Wildman–Crippen MR) is 57.0 cm³/mol. The van der Waals surface area contributed by atoms with E-state index in [1.165, 1.54) is 0 Å². The summed E-state index contributed by atoms with van der Waals surface area (Å²) >= 11 is 0. The molecule has 0 aliphatic rings. The van der Waals surface area contributed by atoms with Crippen molar-refractivity contribution in [3.63, 3.8) is 0 Å². The van der Waals surface area contributed by atoms with E-state index in [-0.39, 0.29) is 5.92 Å². The second-order valence-electron chi connectivity index (χ2n) is 3.53. The largest absolute Gasteiger partial charge is 0.481 e. The summed E-state index contributed by atoms with van der Waals surface area (Å²) < 4.78 is 0. The predicted octanol–water partition coefficient (Wildman–Crippen LogP) is 1.44. The van der Waals surface area contributed by atoms with Crippen molar-refractivity contribution in [3.8, 4) is 12.3 Å². The normalized spacial score (nSPS) is 12.4. The summed E-state index contributed by atoms with van der Waals surface area (Å²) in [6, 6.07) is 0. The first-order valence-electron chi connectivity index (χ1n) is 5.00. The lowest BCUT2D eigenvalue weighted by Crippen LogP contribution is -2.33. The molecule has 0 spiro atoms. The Morgan fingerprint density at radius 1 is 1.64 bits per heavy atom. The maximum absolute atomic E-state index is 10.6. The highest BCUT2D eigenvalue weighted by atomic mass is 16.4. The molecule has 1 atom stereocenters. The molecule has 1 N–H and O–H groups in total. The fourth-order valence-electron chi connectivity index (χ4n) is 1.21. The Hall–Kier alpha value is -1.01. The van der Waals surface area contributed by atoms with Gasteiger partial charge in [0.15, 0.2) is 0 Å². The molecule has 14 heavy (non-hydrogen) atoms. The van der Waals surface area contributed by atoms with Crippen LogP contribution in [0.5, 0.6) is 0 Å². The van der Waals surface area contributed by atoms with E-state index < -0.39 is 5.97 Å². The molecular formula is C11H19NO2. The van der Waals surface area contributed by atoms with Crippen molar-refractivity contribution in [2.75, 3.05) is 19.6 Å². The Labute approximate surface area is 86.1 Å². The Kier molecular flexibility index (Phi) is 6.87. The average molecular weight is 197 g/mol. The van der Waals surface area contributed by atoms with Crippen molar-refractivity contribution < 1.29 is 9.90 Å². The summed E-state index contributed by atoms with van der Waals surface area (Å²) in [6.45, 7) is 5.78. The van der Waals surface area contributed by atoms with Crippen LogP contribution in [0.3, 0.4) is 0 Å². The second kappa shape index (κ2) is 7.40. The van der Waals surface area contributed by atoms with E-state index in [9.17, 15) is 4.79 Å². The van der Waals surface area contributed by atoms with Gasteiger partial charge in [-0.3, -0.25) is 9.69 Å². The molecule has 0 fully saturated rings. The van der Waals surface area contributed by atoms with Gasteiger partial charge in [-0.2, -0.15) is 0 Å². The third-order valence-electron chi connectivity index (χ3n) is 2.10. The summed E-state index contributed by atoms with van der Waals surface area (Å²) in [7, 11) is 0. The average Bonchev–Trinajstić information content (AvgIpc) is 2.14. The van der Waals surface area contributed by atoms with Crippen LogP contribution in [0.15, 0.2) is 0 Å². The van der Waals surface area contributed by atoms with E-state index in [0.29, 0.717) is 13.1 Å². The standard InChI is InChI=1S/C11H19NO2/c1-4-6-8-12(7-5-2)9-10(3)11(13)14/h2,10H,4,6-9H2,1,3H3,(H,13,14). The van der Waals surface area contributed by atoms with Crippen LogP contribution in [-0.4, -0.2) is 35.6 Å². The number of aliphatic carboxylic acids is 1. The quantitative estimate of drug-likeness (QED) is 0.628. The molecule has 0 rings (SSSR count). The molecule has 0 aromatic heterocycles. The van der Waals surface area contributed by atoms with Gasteiger partial charge in [-0.05, 0) is 13.0 Å². The van der Waals surface area contributed by atoms with Crippen LogP contribution in [0.25, 0.3) is 0 Å². The minimum absolute atomic E-state index is 0.347. The van der Waals surface area contributed by atoms with Gasteiger partial charge in [0.1, 0.15) is 0 Å². The highest BCUT2D eigenvalue weighted by Gasteiger charge is 2.14. The van der Waals surface area contributed by atoms with Crippen LogP contribution in [-0.2, 0) is 4.79 Å². The summed E-state index contributed by atoms with van der Waals surface area (Å²) in [4.78, 5) is 12.7. The van der Waals surface area contributed by atoms with E-state index in [1.807, 2.05) is 4.90 Å². The molecule has 0 bridgehead atoms. The molecule has 0 aromatic rings. The van der Waals surface area contributed by atoms with Gasteiger partial charge in [0.2, 0.25) is 0 Å². The number of carboxylic acids is 1. The van der Waals surface area contributed by atoms with Crippen molar-refractivity contribution in [1.82, 2.24) is 4.90 Å². The number of rotatable bonds is 7. The molecule has 0 aromatic carbocycles. The van der Waals surface area contributed by atoms with E-state index >= 15 is 0 Å². The zero-order valence-corrected chi connectivity index (χ0v) is 8.99. The topological polar surface area (TPSA) is 40.5 Å². The number of hydrogen-bond donors (Lipinski definition) is 1. The summed E-state index contributed by atoms with van der Waals surface area (Å²) in [5.74, 6) is 1.45. The Morgan fingerprint density at radius 3 is 2.71 bits per heavy atom. The molecular weight excluding hydrogens is 178 g/mol. The number of nitrogens with zero attached hydrogens (tertiary/aromatic N) is 1. The van der Waals surface area contributed by atoms with E-state index in [1.54, 1.807) is 6.92 Å². The zero-order valence-electron chi connectivity index (χ0n) is 8.99. The minimum atomic E-state index is -0.761. The van der Waals surface area contributed by atoms with Gasteiger partial charge in [0.25, 0.3) is 0 Å². The Morgan fingerprint density at radius 2 is 2.29 bits per heavy atom. The molecule has 3 nitrogen and oxygen atoms in total. The summed E-state index contributed by atoms with van der Waals surface area (Å²) in [5.41, 5.74) is 0. The molecule has 80 valence electrons. The van der Waals surface area contributed by atoms with Crippen LogP contribution < -0.4 is 0 Å². The van der Waals surface area contributed by atoms with Crippen molar-refractivity contribution in [2.24, 2.45) is 5.92 Å². The maximum atomic E-state index is 10.6. The molecule has 3 heteroatoms. The van der Waals surface area contributed by atoms with Crippen molar-refractivity contribution in [2.45, 2.75) is 26.7 Å². The Bertz CT molecular complexity index is 208. The highest BCUT2D eigenvalue weighted by Crippen LogP contribution is 2.02. The smallest absolute Gasteiger partial charge is 0.307 e. The van der Waals surface area contributed by atoms with E-state index in [0.717, 1.165) is 19.4 Å². The van der Waals surface area contributed by atoms with Gasteiger partial charge in [0.05, 0.1) is 12.5 Å². The minimum Gasteiger partial charge on any atom is -0.481 e. The van der Waals surface area contributed by atoms with Crippen LogP contribution in [0.4, 0.5) is 0 Å². The highest BCUT2D eigenvalue weighted by molar-refractivity contribution is 5.69. The molecule has 0 aliphatic heterocycles. The van der Waals surface area contributed by atoms with Crippen LogP contribution in [0.1, 0.15) is 26.7 Å². The molecule has 0 saturated carbocycles. The molecule has 0 amide bonds. The van der Waals surface area contributed by atoms with Crippen LogP contribution in [0, 0.1) is 18.3 Å². The molecule has 0 saturated heterocycles. The third-order valence-corrected chi connectivity index (χ3v) is 2.10. The molecule has 0 heterocycles. The first-order chi connectivity index (χ1) is 6.61. The van der Waals surface area contributed by atoms with Crippen molar-refractivity contribution in [1.29, 1.82) is 0 Å². The van der Waals surface area contributed by atoms with Gasteiger partial charge in [-0.25, -0.2) is 0 Å². The second-order valence-corrected chi connectivity index (χ2v) is 3.53. The van der Waals surface area contributed by atoms with Gasteiger partial charge in [-0.1, -0.05) is 26.2 Å². The maximum Gasteiger partial charge on any atom is 0.307 e. The van der Waals surface area contributed by atoms with Crippen LogP contribution >= 0.6 is 0 Å². The molecule has 1 unspecified atom stereocenters. The SMILES string of the molecule is C#CCN(CCCC)CC(C)C(=O)O. The Balaban J connectivity index is 3.95. The first kappa shape index (κ1) is 13.0. The van der Waals surface area contributed by atoms with Gasteiger partial charge in [-0.15, -0.1) is 6.42 Å². The molecule has 0 radical (unpaired) electrons. The van der Waals surface area contributed by atoms with Crippen LogP contribution in [0.2, 0.25) is 0 Å². The fourth-order valence-corrected chi connectivity index (χ4v) is 1.21.